The Balaban J connectivity index is 3.06. The molecule has 0 aliphatic rings. The predicted octanol–water partition coefficient (Wildman–Crippen LogP) is 1.61. The van der Waals surface area contributed by atoms with Gasteiger partial charge in [-0.1, -0.05) is 0 Å². The quantitative estimate of drug-likeness (QED) is 0.740. The SMILES string of the molecule is COc1cc(N)cc(C(F)F)n1. The highest BCUT2D eigenvalue weighted by Gasteiger charge is 2.10. The zero-order valence-corrected chi connectivity index (χ0v) is 6.42. The molecule has 66 valence electrons. The van der Waals surface area contributed by atoms with E-state index < -0.39 is 6.43 Å². The van der Waals surface area contributed by atoms with Crippen LogP contribution in [-0.4, -0.2) is 12.1 Å². The third kappa shape index (κ3) is 1.81. The first-order chi connectivity index (χ1) is 5.63. The molecule has 0 spiro atoms. The van der Waals surface area contributed by atoms with E-state index in [0.29, 0.717) is 0 Å². The zero-order chi connectivity index (χ0) is 9.14. The number of nitrogen functional groups attached to an aromatic ring is 1. The molecule has 0 saturated carbocycles. The van der Waals surface area contributed by atoms with Crippen LogP contribution < -0.4 is 10.5 Å². The highest BCUT2D eigenvalue weighted by atomic mass is 19.3. The van der Waals surface area contributed by atoms with E-state index in [4.69, 9.17) is 5.73 Å². The van der Waals surface area contributed by atoms with Crippen molar-refractivity contribution in [1.82, 2.24) is 4.98 Å². The van der Waals surface area contributed by atoms with E-state index in [0.717, 1.165) is 6.07 Å². The topological polar surface area (TPSA) is 48.1 Å². The summed E-state index contributed by atoms with van der Waals surface area (Å²) in [6.45, 7) is 0. The number of alkyl halides is 2. The number of nitrogens with two attached hydrogens (primary N) is 1. The van der Waals surface area contributed by atoms with Gasteiger partial charge in [0, 0.05) is 11.8 Å². The fraction of sp³-hybridized carbons (Fsp3) is 0.286. The summed E-state index contributed by atoms with van der Waals surface area (Å²) in [7, 11) is 1.34. The first-order valence-corrected chi connectivity index (χ1v) is 3.23. The molecule has 0 aliphatic carbocycles. The van der Waals surface area contributed by atoms with Gasteiger partial charge in [-0.2, -0.15) is 0 Å². The number of pyridine rings is 1. The van der Waals surface area contributed by atoms with Gasteiger partial charge in [-0.15, -0.1) is 0 Å². The number of ether oxygens (including phenoxy) is 1. The summed E-state index contributed by atoms with van der Waals surface area (Å²) in [5, 5.41) is 0. The summed E-state index contributed by atoms with van der Waals surface area (Å²) in [5.74, 6) is 0.102. The number of anilines is 1. The maximum Gasteiger partial charge on any atom is 0.280 e. The van der Waals surface area contributed by atoms with Crippen LogP contribution in [0.4, 0.5) is 14.5 Å². The van der Waals surface area contributed by atoms with Crippen molar-refractivity contribution in [2.75, 3.05) is 12.8 Å². The Morgan fingerprint density at radius 2 is 2.17 bits per heavy atom. The van der Waals surface area contributed by atoms with Gasteiger partial charge in [0.15, 0.2) is 0 Å². The van der Waals surface area contributed by atoms with E-state index in [1.165, 1.54) is 13.2 Å². The Labute approximate surface area is 68.2 Å². The van der Waals surface area contributed by atoms with Crippen molar-refractivity contribution in [3.8, 4) is 5.88 Å². The summed E-state index contributed by atoms with van der Waals surface area (Å²) in [5.41, 5.74) is 5.17. The molecule has 0 fully saturated rings. The number of rotatable bonds is 2. The van der Waals surface area contributed by atoms with Crippen LogP contribution in [0.25, 0.3) is 0 Å². The lowest BCUT2D eigenvalue weighted by atomic mass is 10.3. The molecule has 0 atom stereocenters. The maximum absolute atomic E-state index is 12.1. The van der Waals surface area contributed by atoms with Gasteiger partial charge in [-0.25, -0.2) is 13.8 Å². The van der Waals surface area contributed by atoms with E-state index in [9.17, 15) is 8.78 Å². The molecule has 3 nitrogen and oxygen atoms in total. The number of nitrogens with zero attached hydrogens (tertiary/aromatic N) is 1. The van der Waals surface area contributed by atoms with Gasteiger partial charge in [0.2, 0.25) is 5.88 Å². The molecule has 0 unspecified atom stereocenters. The zero-order valence-electron chi connectivity index (χ0n) is 6.42. The van der Waals surface area contributed by atoms with Gasteiger partial charge in [0.25, 0.3) is 6.43 Å². The Kier molecular flexibility index (Phi) is 2.42. The fourth-order valence-corrected chi connectivity index (χ4v) is 0.763. The molecular weight excluding hydrogens is 166 g/mol. The first kappa shape index (κ1) is 8.70. The highest BCUT2D eigenvalue weighted by molar-refractivity contribution is 5.42. The molecule has 0 saturated heterocycles. The summed E-state index contributed by atoms with van der Waals surface area (Å²) in [4.78, 5) is 3.50. The highest BCUT2D eigenvalue weighted by Crippen LogP contribution is 2.22. The fourth-order valence-electron chi connectivity index (χ4n) is 0.763. The average Bonchev–Trinajstić information content (AvgIpc) is 2.03. The maximum atomic E-state index is 12.1. The summed E-state index contributed by atoms with van der Waals surface area (Å²) in [6.07, 6.45) is -2.62. The van der Waals surface area contributed by atoms with Crippen molar-refractivity contribution in [2.45, 2.75) is 6.43 Å². The normalized spacial score (nSPS) is 10.3. The second-order valence-electron chi connectivity index (χ2n) is 2.17. The molecule has 1 rings (SSSR count). The number of hydrogen-bond acceptors (Lipinski definition) is 3. The molecule has 12 heavy (non-hydrogen) atoms. The van der Waals surface area contributed by atoms with Crippen molar-refractivity contribution in [1.29, 1.82) is 0 Å². The van der Waals surface area contributed by atoms with Gasteiger partial charge in [0.1, 0.15) is 5.69 Å². The van der Waals surface area contributed by atoms with Crippen molar-refractivity contribution in [3.05, 3.63) is 17.8 Å². The van der Waals surface area contributed by atoms with Gasteiger partial charge < -0.3 is 10.5 Å². The second kappa shape index (κ2) is 3.34. The largest absolute Gasteiger partial charge is 0.481 e. The van der Waals surface area contributed by atoms with E-state index >= 15 is 0 Å². The van der Waals surface area contributed by atoms with Crippen LogP contribution >= 0.6 is 0 Å². The molecule has 0 aliphatic heterocycles. The Bertz CT molecular complexity index is 278. The molecule has 0 amide bonds. The van der Waals surface area contributed by atoms with Gasteiger partial charge >= 0.3 is 0 Å². The van der Waals surface area contributed by atoms with Crippen molar-refractivity contribution >= 4 is 5.69 Å². The average molecular weight is 174 g/mol. The molecule has 0 radical (unpaired) electrons. The summed E-state index contributed by atoms with van der Waals surface area (Å²) >= 11 is 0. The van der Waals surface area contributed by atoms with Crippen molar-refractivity contribution < 1.29 is 13.5 Å². The molecule has 5 heteroatoms. The van der Waals surface area contributed by atoms with Gasteiger partial charge in [0.05, 0.1) is 7.11 Å². The van der Waals surface area contributed by atoms with Gasteiger partial charge in [-0.3, -0.25) is 0 Å². The standard InChI is InChI=1S/C7H8F2N2O/c1-12-6-3-4(10)2-5(11-6)7(8)9/h2-3,7H,1H3,(H2,10,11). The lowest BCUT2D eigenvalue weighted by Gasteiger charge is -2.03. The van der Waals surface area contributed by atoms with E-state index in [1.807, 2.05) is 0 Å². The second-order valence-corrected chi connectivity index (χ2v) is 2.17. The number of halogens is 2. The summed E-state index contributed by atoms with van der Waals surface area (Å²) < 4.78 is 28.8. The van der Waals surface area contributed by atoms with Crippen LogP contribution in [-0.2, 0) is 0 Å². The minimum atomic E-state index is -2.62. The third-order valence-electron chi connectivity index (χ3n) is 1.28. The van der Waals surface area contributed by atoms with E-state index in [2.05, 4.69) is 9.72 Å². The van der Waals surface area contributed by atoms with Crippen molar-refractivity contribution in [3.63, 3.8) is 0 Å². The molecule has 0 bridgehead atoms. The Hall–Kier alpha value is -1.39. The number of methoxy groups -OCH3 is 1. The first-order valence-electron chi connectivity index (χ1n) is 3.23. The molecule has 1 aromatic heterocycles. The molecule has 0 aromatic carbocycles. The van der Waals surface area contributed by atoms with E-state index in [1.54, 1.807) is 0 Å². The minimum absolute atomic E-state index is 0.102. The Morgan fingerprint density at radius 1 is 1.50 bits per heavy atom. The lowest BCUT2D eigenvalue weighted by Crippen LogP contribution is -1.97. The molecule has 1 heterocycles. The molecule has 1 aromatic rings. The van der Waals surface area contributed by atoms with Crippen molar-refractivity contribution in [2.24, 2.45) is 0 Å². The van der Waals surface area contributed by atoms with E-state index in [-0.39, 0.29) is 17.3 Å². The lowest BCUT2D eigenvalue weighted by molar-refractivity contribution is 0.145. The van der Waals surface area contributed by atoms with Gasteiger partial charge in [-0.05, 0) is 6.07 Å². The molecular formula is C7H8F2N2O. The predicted molar refractivity (Wildman–Crippen MR) is 40.2 cm³/mol. The van der Waals surface area contributed by atoms with Crippen LogP contribution in [0.15, 0.2) is 12.1 Å². The van der Waals surface area contributed by atoms with Crippen LogP contribution in [0.5, 0.6) is 5.88 Å². The number of aromatic nitrogens is 1. The number of hydrogen-bond donors (Lipinski definition) is 1. The Morgan fingerprint density at radius 3 is 2.67 bits per heavy atom. The monoisotopic (exact) mass is 174 g/mol. The smallest absolute Gasteiger partial charge is 0.280 e. The third-order valence-corrected chi connectivity index (χ3v) is 1.28. The molecule has 2 N–H and O–H groups in total. The van der Waals surface area contributed by atoms with Crippen LogP contribution in [0.2, 0.25) is 0 Å². The minimum Gasteiger partial charge on any atom is -0.481 e. The van der Waals surface area contributed by atoms with Crippen LogP contribution in [0.1, 0.15) is 12.1 Å². The van der Waals surface area contributed by atoms with Crippen LogP contribution in [0, 0.1) is 0 Å². The van der Waals surface area contributed by atoms with Crippen LogP contribution in [0.3, 0.4) is 0 Å². The summed E-state index contributed by atoms with van der Waals surface area (Å²) in [6, 6.07) is 2.50.